The smallest absolute Gasteiger partial charge is 0.349 e. The molecule has 0 fully saturated rings. The highest BCUT2D eigenvalue weighted by atomic mass is 79.9. The SMILES string of the molecule is CCOC(=O)C(C#N)=C(c1cc(C(C)(C)C)c(O)c(C(C)(C)C)c1)c1ccccc1Br. The molecule has 0 amide bonds. The van der Waals surface area contributed by atoms with Gasteiger partial charge in [-0.15, -0.1) is 0 Å². The molecule has 0 bridgehead atoms. The monoisotopic (exact) mass is 483 g/mol. The number of halogens is 1. The zero-order chi connectivity index (χ0) is 23.6. The number of aromatic hydroxyl groups is 1. The average molecular weight is 484 g/mol. The van der Waals surface area contributed by atoms with Gasteiger partial charge in [0, 0.05) is 21.2 Å². The molecule has 0 atom stereocenters. The van der Waals surface area contributed by atoms with Crippen molar-refractivity contribution < 1.29 is 14.6 Å². The van der Waals surface area contributed by atoms with E-state index in [0.29, 0.717) is 16.7 Å². The Hall–Kier alpha value is -2.58. The number of nitrogens with zero attached hydrogens (tertiary/aromatic N) is 1. The minimum absolute atomic E-state index is 0.0702. The van der Waals surface area contributed by atoms with Crippen molar-refractivity contribution >= 4 is 27.5 Å². The first-order valence-electron chi connectivity index (χ1n) is 10.3. The number of nitriles is 1. The molecule has 0 spiro atoms. The molecule has 2 aromatic rings. The number of carbonyl (C=O) groups excluding carboxylic acids is 1. The predicted octanol–water partition coefficient (Wildman–Crippen LogP) is 6.64. The highest BCUT2D eigenvalue weighted by Crippen LogP contribution is 2.43. The van der Waals surface area contributed by atoms with Gasteiger partial charge in [0.25, 0.3) is 0 Å². The van der Waals surface area contributed by atoms with Gasteiger partial charge in [-0.2, -0.15) is 5.26 Å². The molecule has 0 saturated carbocycles. The van der Waals surface area contributed by atoms with Crippen LogP contribution in [0.25, 0.3) is 5.57 Å². The number of hydrogen-bond donors (Lipinski definition) is 1. The summed E-state index contributed by atoms with van der Waals surface area (Å²) in [5.74, 6) is -0.427. The summed E-state index contributed by atoms with van der Waals surface area (Å²) in [6.45, 7) is 14.0. The van der Waals surface area contributed by atoms with E-state index in [1.165, 1.54) is 0 Å². The molecule has 1 N–H and O–H groups in total. The summed E-state index contributed by atoms with van der Waals surface area (Å²) in [5, 5.41) is 21.0. The number of ether oxygens (including phenoxy) is 1. The Morgan fingerprint density at radius 1 is 1.06 bits per heavy atom. The van der Waals surface area contributed by atoms with E-state index in [0.717, 1.165) is 15.6 Å². The second kappa shape index (κ2) is 9.28. The van der Waals surface area contributed by atoms with E-state index in [-0.39, 0.29) is 28.8 Å². The molecule has 0 saturated heterocycles. The lowest BCUT2D eigenvalue weighted by Gasteiger charge is -2.29. The lowest BCUT2D eigenvalue weighted by atomic mass is 9.77. The van der Waals surface area contributed by atoms with Gasteiger partial charge in [-0.05, 0) is 47.1 Å². The molecule has 4 nitrogen and oxygen atoms in total. The maximum absolute atomic E-state index is 12.7. The Kier molecular flexibility index (Phi) is 7.39. The Morgan fingerprint density at radius 3 is 2.00 bits per heavy atom. The van der Waals surface area contributed by atoms with Crippen LogP contribution in [-0.4, -0.2) is 17.7 Å². The van der Waals surface area contributed by atoms with E-state index in [1.807, 2.05) is 77.9 Å². The zero-order valence-electron chi connectivity index (χ0n) is 19.3. The summed E-state index contributed by atoms with van der Waals surface area (Å²) in [4.78, 5) is 12.7. The van der Waals surface area contributed by atoms with Gasteiger partial charge in [0.15, 0.2) is 0 Å². The van der Waals surface area contributed by atoms with E-state index in [9.17, 15) is 15.2 Å². The van der Waals surface area contributed by atoms with E-state index in [1.54, 1.807) is 6.92 Å². The Bertz CT molecular complexity index is 1030. The average Bonchev–Trinajstić information content (AvgIpc) is 2.65. The van der Waals surface area contributed by atoms with Crippen molar-refractivity contribution in [3.05, 3.63) is 68.7 Å². The van der Waals surface area contributed by atoms with Gasteiger partial charge < -0.3 is 9.84 Å². The van der Waals surface area contributed by atoms with Gasteiger partial charge in [-0.25, -0.2) is 4.79 Å². The number of rotatable bonds is 4. The third kappa shape index (κ3) is 5.37. The van der Waals surface area contributed by atoms with Crippen molar-refractivity contribution in [3.8, 4) is 11.8 Å². The van der Waals surface area contributed by atoms with Crippen molar-refractivity contribution in [2.45, 2.75) is 59.3 Å². The van der Waals surface area contributed by atoms with Gasteiger partial charge in [0.1, 0.15) is 17.4 Å². The van der Waals surface area contributed by atoms with Crippen LogP contribution in [0.1, 0.15) is 70.7 Å². The minimum atomic E-state index is -0.668. The summed E-state index contributed by atoms with van der Waals surface area (Å²) in [5.41, 5.74) is 2.60. The van der Waals surface area contributed by atoms with Crippen LogP contribution in [0.2, 0.25) is 0 Å². The maximum atomic E-state index is 12.7. The van der Waals surface area contributed by atoms with Gasteiger partial charge in [0.2, 0.25) is 0 Å². The van der Waals surface area contributed by atoms with Crippen LogP contribution >= 0.6 is 15.9 Å². The number of esters is 1. The molecule has 0 heterocycles. The third-order valence-electron chi connectivity index (χ3n) is 5.00. The maximum Gasteiger partial charge on any atom is 0.349 e. The first-order chi connectivity index (χ1) is 14.3. The predicted molar refractivity (Wildman–Crippen MR) is 128 cm³/mol. The topological polar surface area (TPSA) is 70.3 Å². The first-order valence-corrected chi connectivity index (χ1v) is 11.1. The molecule has 5 heteroatoms. The Morgan fingerprint density at radius 2 is 1.58 bits per heavy atom. The highest BCUT2D eigenvalue weighted by Gasteiger charge is 2.29. The van der Waals surface area contributed by atoms with Crippen LogP contribution in [0.3, 0.4) is 0 Å². The normalized spacial score (nSPS) is 12.7. The van der Waals surface area contributed by atoms with E-state index in [2.05, 4.69) is 22.0 Å². The number of hydrogen-bond acceptors (Lipinski definition) is 4. The first kappa shape index (κ1) is 24.7. The van der Waals surface area contributed by atoms with Crippen LogP contribution in [0.4, 0.5) is 0 Å². The lowest BCUT2D eigenvalue weighted by Crippen LogP contribution is -2.18. The van der Waals surface area contributed by atoms with Crippen molar-refractivity contribution in [1.29, 1.82) is 5.26 Å². The molecule has 0 aliphatic rings. The van der Waals surface area contributed by atoms with Gasteiger partial charge in [0.05, 0.1) is 6.61 Å². The van der Waals surface area contributed by atoms with Crippen molar-refractivity contribution in [3.63, 3.8) is 0 Å². The molecule has 0 aliphatic carbocycles. The molecular weight excluding hydrogens is 454 g/mol. The van der Waals surface area contributed by atoms with Crippen LogP contribution in [0.15, 0.2) is 46.4 Å². The summed E-state index contributed by atoms with van der Waals surface area (Å²) in [6, 6.07) is 13.3. The quantitative estimate of drug-likeness (QED) is 0.300. The van der Waals surface area contributed by atoms with Gasteiger partial charge >= 0.3 is 5.97 Å². The van der Waals surface area contributed by atoms with E-state index >= 15 is 0 Å². The fraction of sp³-hybridized carbons (Fsp3) is 0.385. The number of phenols is 1. The standard InChI is InChI=1S/C26H30BrNO3/c1-8-31-24(30)18(15-28)22(17-11-9-10-12-21(17)27)16-13-19(25(2,3)4)23(29)20(14-16)26(5,6)7/h9-14,29H,8H2,1-7H3. The second-order valence-corrected chi connectivity index (χ2v) is 10.3. The van der Waals surface area contributed by atoms with Crippen LogP contribution in [0, 0.1) is 11.3 Å². The Balaban J connectivity index is 3.05. The molecule has 2 aromatic carbocycles. The Labute approximate surface area is 193 Å². The summed E-state index contributed by atoms with van der Waals surface area (Å²) >= 11 is 3.57. The molecule has 0 unspecified atom stereocenters. The number of benzene rings is 2. The highest BCUT2D eigenvalue weighted by molar-refractivity contribution is 9.10. The second-order valence-electron chi connectivity index (χ2n) is 9.48. The van der Waals surface area contributed by atoms with Crippen molar-refractivity contribution in [2.75, 3.05) is 6.61 Å². The fourth-order valence-electron chi connectivity index (χ4n) is 3.43. The molecule has 164 valence electrons. The summed E-state index contributed by atoms with van der Waals surface area (Å²) in [6.07, 6.45) is 0. The molecular formula is C26H30BrNO3. The molecule has 31 heavy (non-hydrogen) atoms. The minimum Gasteiger partial charge on any atom is -0.507 e. The molecule has 0 radical (unpaired) electrons. The van der Waals surface area contributed by atoms with Crippen LogP contribution < -0.4 is 0 Å². The zero-order valence-corrected chi connectivity index (χ0v) is 20.8. The van der Waals surface area contributed by atoms with Crippen molar-refractivity contribution in [2.24, 2.45) is 0 Å². The number of phenolic OH excluding ortho intramolecular Hbond substituents is 1. The van der Waals surface area contributed by atoms with E-state index < -0.39 is 5.97 Å². The summed E-state index contributed by atoms with van der Waals surface area (Å²) < 4.78 is 5.95. The third-order valence-corrected chi connectivity index (χ3v) is 5.69. The van der Waals surface area contributed by atoms with Crippen LogP contribution in [-0.2, 0) is 20.4 Å². The van der Waals surface area contributed by atoms with Crippen molar-refractivity contribution in [1.82, 2.24) is 0 Å². The lowest BCUT2D eigenvalue weighted by molar-refractivity contribution is -0.137. The number of carbonyl (C=O) groups is 1. The summed E-state index contributed by atoms with van der Waals surface area (Å²) in [7, 11) is 0. The molecule has 0 aromatic heterocycles. The molecule has 2 rings (SSSR count). The van der Waals surface area contributed by atoms with Crippen LogP contribution in [0.5, 0.6) is 5.75 Å². The molecule has 0 aliphatic heterocycles. The van der Waals surface area contributed by atoms with Gasteiger partial charge in [-0.3, -0.25) is 0 Å². The largest absolute Gasteiger partial charge is 0.507 e. The van der Waals surface area contributed by atoms with Gasteiger partial charge in [-0.1, -0.05) is 75.7 Å². The van der Waals surface area contributed by atoms with E-state index in [4.69, 9.17) is 4.74 Å². The fourth-order valence-corrected chi connectivity index (χ4v) is 3.91.